The number of nitrogens with one attached hydrogen (secondary N) is 1. The van der Waals surface area contributed by atoms with Crippen LogP contribution in [0.2, 0.25) is 0 Å². The fourth-order valence-corrected chi connectivity index (χ4v) is 2.07. The van der Waals surface area contributed by atoms with Crippen molar-refractivity contribution in [2.45, 2.75) is 6.61 Å². The molecule has 0 bridgehead atoms. The van der Waals surface area contributed by atoms with Gasteiger partial charge in [-0.15, -0.1) is 0 Å². The molecule has 18 heavy (non-hydrogen) atoms. The molecule has 2 aliphatic rings. The molecule has 1 aromatic rings. The van der Waals surface area contributed by atoms with Crippen LogP contribution in [0.1, 0.15) is 5.56 Å². The number of nitrogens with zero attached hydrogens (tertiary/aromatic N) is 1. The molecule has 2 heterocycles. The van der Waals surface area contributed by atoms with Crippen LogP contribution >= 0.6 is 0 Å². The van der Waals surface area contributed by atoms with Gasteiger partial charge in [0.25, 0.3) is 0 Å². The Labute approximate surface area is 105 Å². The molecule has 0 aromatic heterocycles. The Morgan fingerprint density at radius 3 is 3.06 bits per heavy atom. The van der Waals surface area contributed by atoms with Gasteiger partial charge in [-0.2, -0.15) is 0 Å². The average molecular weight is 246 g/mol. The molecule has 0 spiro atoms. The summed E-state index contributed by atoms with van der Waals surface area (Å²) in [5.74, 6) is 0.259. The van der Waals surface area contributed by atoms with Crippen molar-refractivity contribution in [3.05, 3.63) is 47.8 Å². The third kappa shape index (κ3) is 2.17. The number of rotatable bonds is 2. The van der Waals surface area contributed by atoms with Crippen LogP contribution in [0.15, 0.2) is 42.2 Å². The first-order chi connectivity index (χ1) is 8.83. The lowest BCUT2D eigenvalue weighted by molar-refractivity contribution is 0.0869. The van der Waals surface area contributed by atoms with E-state index in [1.165, 1.54) is 0 Å². The van der Waals surface area contributed by atoms with Crippen molar-refractivity contribution < 1.29 is 14.4 Å². The summed E-state index contributed by atoms with van der Waals surface area (Å²) in [5, 5.41) is 0. The van der Waals surface area contributed by atoms with Crippen LogP contribution in [0.3, 0.4) is 0 Å². The third-order valence-corrected chi connectivity index (χ3v) is 3.07. The van der Waals surface area contributed by atoms with Gasteiger partial charge in [0.05, 0.1) is 12.3 Å². The minimum absolute atomic E-state index is 0.259. The van der Waals surface area contributed by atoms with Gasteiger partial charge in [0.15, 0.2) is 0 Å². The lowest BCUT2D eigenvalue weighted by Gasteiger charge is -2.14. The summed E-state index contributed by atoms with van der Waals surface area (Å²) >= 11 is 0. The van der Waals surface area contributed by atoms with Crippen molar-refractivity contribution in [1.29, 1.82) is 0 Å². The van der Waals surface area contributed by atoms with E-state index in [0.717, 1.165) is 11.3 Å². The Morgan fingerprint density at radius 1 is 1.44 bits per heavy atom. The van der Waals surface area contributed by atoms with E-state index in [9.17, 15) is 4.79 Å². The number of fused-ring (bicyclic) bond motifs is 1. The predicted molar refractivity (Wildman–Crippen MR) is 64.0 cm³/mol. The highest BCUT2D eigenvalue weighted by molar-refractivity contribution is 5.69. The van der Waals surface area contributed by atoms with Gasteiger partial charge in [-0.1, -0.05) is 30.3 Å². The number of carbonyl (C=O) groups excluding carboxylic acids is 1. The summed E-state index contributed by atoms with van der Waals surface area (Å²) in [4.78, 5) is 18.5. The largest absolute Gasteiger partial charge is 0.444 e. The second-order valence-electron chi connectivity index (χ2n) is 4.39. The number of amides is 1. The topological polar surface area (TPSA) is 50.8 Å². The molecule has 1 fully saturated rings. The number of hydroxylamine groups is 1. The first-order valence-corrected chi connectivity index (χ1v) is 5.90. The Bertz CT molecular complexity index is 472. The van der Waals surface area contributed by atoms with Crippen molar-refractivity contribution in [1.82, 2.24) is 10.4 Å². The quantitative estimate of drug-likeness (QED) is 0.861. The maximum absolute atomic E-state index is 11.8. The summed E-state index contributed by atoms with van der Waals surface area (Å²) in [5.41, 5.74) is 4.72. The highest BCUT2D eigenvalue weighted by Gasteiger charge is 2.33. The standard InChI is InChI=1S/C13H14N2O3/c16-13(17-8-10-4-2-1-3-5-10)15-6-11-9-18-14-12(11)7-15/h1-5,7,11,14H,6,8-9H2. The summed E-state index contributed by atoms with van der Waals surface area (Å²) in [6.07, 6.45) is 1.44. The van der Waals surface area contributed by atoms with Gasteiger partial charge in [0.1, 0.15) is 6.61 Å². The average Bonchev–Trinajstić information content (AvgIpc) is 2.98. The van der Waals surface area contributed by atoms with E-state index in [1.54, 1.807) is 11.1 Å². The number of ether oxygens (including phenoxy) is 1. The Hall–Kier alpha value is -2.01. The molecule has 5 nitrogen and oxygen atoms in total. The maximum Gasteiger partial charge on any atom is 0.414 e. The molecule has 2 aliphatic heterocycles. The smallest absolute Gasteiger partial charge is 0.414 e. The number of hydrogen-bond acceptors (Lipinski definition) is 4. The van der Waals surface area contributed by atoms with E-state index in [0.29, 0.717) is 19.8 Å². The van der Waals surface area contributed by atoms with E-state index in [2.05, 4.69) is 5.48 Å². The zero-order chi connectivity index (χ0) is 12.4. The van der Waals surface area contributed by atoms with E-state index >= 15 is 0 Å². The van der Waals surface area contributed by atoms with Gasteiger partial charge in [0.2, 0.25) is 0 Å². The summed E-state index contributed by atoms with van der Waals surface area (Å²) < 4.78 is 5.25. The van der Waals surface area contributed by atoms with E-state index in [-0.39, 0.29) is 12.0 Å². The van der Waals surface area contributed by atoms with Gasteiger partial charge < -0.3 is 4.74 Å². The molecular weight excluding hydrogens is 232 g/mol. The Kier molecular flexibility index (Phi) is 2.90. The van der Waals surface area contributed by atoms with Crippen LogP contribution in [0, 0.1) is 5.92 Å². The van der Waals surface area contributed by atoms with Gasteiger partial charge in [0, 0.05) is 18.7 Å². The molecule has 1 unspecified atom stereocenters. The fraction of sp³-hybridized carbons (Fsp3) is 0.308. The first-order valence-electron chi connectivity index (χ1n) is 5.90. The Morgan fingerprint density at radius 2 is 2.28 bits per heavy atom. The molecule has 1 N–H and O–H groups in total. The summed E-state index contributed by atoms with van der Waals surface area (Å²) in [6.45, 7) is 1.53. The molecule has 0 aliphatic carbocycles. The molecule has 3 rings (SSSR count). The molecule has 94 valence electrons. The SMILES string of the molecule is O=C(OCc1ccccc1)N1C=C2NOCC2C1. The van der Waals surface area contributed by atoms with Crippen molar-refractivity contribution in [3.8, 4) is 0 Å². The fourth-order valence-electron chi connectivity index (χ4n) is 2.07. The van der Waals surface area contributed by atoms with Crippen molar-refractivity contribution in [2.24, 2.45) is 5.92 Å². The molecule has 5 heteroatoms. The van der Waals surface area contributed by atoms with Crippen LogP contribution in [0.4, 0.5) is 4.79 Å². The van der Waals surface area contributed by atoms with Gasteiger partial charge in [-0.05, 0) is 5.56 Å². The Balaban J connectivity index is 1.55. The maximum atomic E-state index is 11.8. The normalized spacial score (nSPS) is 21.2. The molecule has 1 aromatic carbocycles. The minimum Gasteiger partial charge on any atom is -0.444 e. The second kappa shape index (κ2) is 4.70. The lowest BCUT2D eigenvalue weighted by Crippen LogP contribution is -2.27. The number of hydrogen-bond donors (Lipinski definition) is 1. The van der Waals surface area contributed by atoms with Crippen LogP contribution in [-0.2, 0) is 16.2 Å². The van der Waals surface area contributed by atoms with Crippen LogP contribution in [0.5, 0.6) is 0 Å². The highest BCUT2D eigenvalue weighted by atomic mass is 16.7. The molecule has 0 saturated carbocycles. The van der Waals surface area contributed by atoms with Gasteiger partial charge in [-0.3, -0.25) is 15.2 Å². The van der Waals surface area contributed by atoms with Gasteiger partial charge >= 0.3 is 6.09 Å². The second-order valence-corrected chi connectivity index (χ2v) is 4.39. The van der Waals surface area contributed by atoms with E-state index < -0.39 is 0 Å². The molecule has 0 radical (unpaired) electrons. The van der Waals surface area contributed by atoms with E-state index in [1.807, 2.05) is 30.3 Å². The number of carbonyl (C=O) groups is 1. The van der Waals surface area contributed by atoms with Crippen molar-refractivity contribution >= 4 is 6.09 Å². The number of benzene rings is 1. The monoisotopic (exact) mass is 246 g/mol. The highest BCUT2D eigenvalue weighted by Crippen LogP contribution is 2.24. The van der Waals surface area contributed by atoms with E-state index in [4.69, 9.17) is 9.57 Å². The van der Waals surface area contributed by atoms with Crippen molar-refractivity contribution in [3.63, 3.8) is 0 Å². The zero-order valence-corrected chi connectivity index (χ0v) is 9.83. The lowest BCUT2D eigenvalue weighted by atomic mass is 10.1. The molecule has 1 atom stereocenters. The van der Waals surface area contributed by atoms with Crippen LogP contribution < -0.4 is 5.48 Å². The zero-order valence-electron chi connectivity index (χ0n) is 9.83. The van der Waals surface area contributed by atoms with Crippen molar-refractivity contribution in [2.75, 3.05) is 13.2 Å². The molecular formula is C13H14N2O3. The van der Waals surface area contributed by atoms with Gasteiger partial charge in [-0.25, -0.2) is 4.79 Å². The summed E-state index contributed by atoms with van der Waals surface area (Å²) in [7, 11) is 0. The molecule has 1 amide bonds. The predicted octanol–water partition coefficient (Wildman–Crippen LogP) is 1.63. The first kappa shape index (κ1) is 11.1. The van der Waals surface area contributed by atoms with Crippen LogP contribution in [0.25, 0.3) is 0 Å². The minimum atomic E-state index is -0.317. The molecule has 1 saturated heterocycles. The third-order valence-electron chi connectivity index (χ3n) is 3.07. The summed E-state index contributed by atoms with van der Waals surface area (Å²) in [6, 6.07) is 9.64. The van der Waals surface area contributed by atoms with Crippen LogP contribution in [-0.4, -0.2) is 24.1 Å².